The van der Waals surface area contributed by atoms with Crippen LogP contribution in [0.5, 0.6) is 0 Å². The molecule has 1 atom stereocenters. The van der Waals surface area contributed by atoms with E-state index >= 15 is 0 Å². The molecule has 0 spiro atoms. The molecule has 3 rings (SSSR count). The van der Waals surface area contributed by atoms with Gasteiger partial charge in [0.1, 0.15) is 6.10 Å². The maximum absolute atomic E-state index is 10.6. The Hall–Kier alpha value is -1.61. The van der Waals surface area contributed by atoms with Gasteiger partial charge < -0.3 is 5.11 Å². The summed E-state index contributed by atoms with van der Waals surface area (Å²) >= 11 is 12.1. The predicted octanol–water partition coefficient (Wildman–Crippen LogP) is 4.62. The number of aromatic nitrogens is 1. The summed E-state index contributed by atoms with van der Waals surface area (Å²) in [7, 11) is 0. The van der Waals surface area contributed by atoms with E-state index in [0.29, 0.717) is 21.2 Å². The summed E-state index contributed by atoms with van der Waals surface area (Å²) in [4.78, 5) is 4.18. The fraction of sp³-hybridized carbons (Fsp3) is 0.0625. The molecule has 0 radical (unpaired) electrons. The molecule has 0 saturated carbocycles. The maximum Gasteiger partial charge on any atom is 0.108 e. The second-order valence-electron chi connectivity index (χ2n) is 4.52. The normalized spacial score (nSPS) is 12.6. The van der Waals surface area contributed by atoms with Gasteiger partial charge in [0.05, 0.1) is 0 Å². The number of benzene rings is 2. The highest BCUT2D eigenvalue weighted by atomic mass is 35.5. The van der Waals surface area contributed by atoms with E-state index in [1.807, 2.05) is 24.3 Å². The van der Waals surface area contributed by atoms with E-state index in [1.165, 1.54) is 0 Å². The first-order valence-corrected chi connectivity index (χ1v) is 6.88. The number of hydrogen-bond donors (Lipinski definition) is 1. The van der Waals surface area contributed by atoms with Crippen molar-refractivity contribution in [1.29, 1.82) is 0 Å². The molecule has 0 amide bonds. The maximum atomic E-state index is 10.6. The Morgan fingerprint density at radius 3 is 2.60 bits per heavy atom. The zero-order valence-electron chi connectivity index (χ0n) is 10.4. The molecule has 3 aromatic rings. The van der Waals surface area contributed by atoms with Gasteiger partial charge in [-0.1, -0.05) is 47.5 Å². The van der Waals surface area contributed by atoms with Crippen molar-refractivity contribution in [2.24, 2.45) is 0 Å². The third kappa shape index (κ3) is 2.38. The van der Waals surface area contributed by atoms with Gasteiger partial charge in [-0.25, -0.2) is 0 Å². The second-order valence-corrected chi connectivity index (χ2v) is 5.36. The summed E-state index contributed by atoms with van der Waals surface area (Å²) in [6.07, 6.45) is 2.56. The molecular weight excluding hydrogens is 293 g/mol. The summed E-state index contributed by atoms with van der Waals surface area (Å²) < 4.78 is 0. The van der Waals surface area contributed by atoms with Crippen LogP contribution in [-0.4, -0.2) is 10.1 Å². The molecule has 1 aromatic heterocycles. The fourth-order valence-corrected chi connectivity index (χ4v) is 2.65. The molecule has 1 N–H and O–H groups in total. The number of fused-ring (bicyclic) bond motifs is 1. The summed E-state index contributed by atoms with van der Waals surface area (Å²) in [5.74, 6) is 0. The Morgan fingerprint density at radius 2 is 1.75 bits per heavy atom. The minimum Gasteiger partial charge on any atom is -0.384 e. The lowest BCUT2D eigenvalue weighted by atomic mass is 9.98. The summed E-state index contributed by atoms with van der Waals surface area (Å²) in [5, 5.41) is 13.6. The molecule has 1 heterocycles. The van der Waals surface area contributed by atoms with Gasteiger partial charge in [0.15, 0.2) is 0 Å². The number of pyridine rings is 1. The Labute approximate surface area is 126 Å². The van der Waals surface area contributed by atoms with E-state index in [0.717, 1.165) is 10.8 Å². The molecule has 2 nitrogen and oxygen atoms in total. The van der Waals surface area contributed by atoms with Crippen molar-refractivity contribution in [2.45, 2.75) is 6.10 Å². The van der Waals surface area contributed by atoms with Crippen LogP contribution in [0.2, 0.25) is 10.0 Å². The van der Waals surface area contributed by atoms with E-state index in [4.69, 9.17) is 23.2 Å². The van der Waals surface area contributed by atoms with Gasteiger partial charge >= 0.3 is 0 Å². The van der Waals surface area contributed by atoms with Gasteiger partial charge in [0, 0.05) is 39.0 Å². The van der Waals surface area contributed by atoms with Crippen molar-refractivity contribution in [3.63, 3.8) is 0 Å². The molecule has 0 aliphatic heterocycles. The molecule has 0 saturated heterocycles. The molecule has 0 aliphatic carbocycles. The van der Waals surface area contributed by atoms with Crippen LogP contribution >= 0.6 is 23.2 Å². The van der Waals surface area contributed by atoms with Gasteiger partial charge in [-0.3, -0.25) is 4.98 Å². The van der Waals surface area contributed by atoms with Crippen molar-refractivity contribution in [2.75, 3.05) is 0 Å². The Bertz CT molecular complexity index is 768. The molecule has 4 heteroatoms. The average molecular weight is 304 g/mol. The largest absolute Gasteiger partial charge is 0.384 e. The minimum absolute atomic E-state index is 0.481. The van der Waals surface area contributed by atoms with Crippen LogP contribution in [-0.2, 0) is 0 Å². The van der Waals surface area contributed by atoms with Crippen molar-refractivity contribution >= 4 is 34.0 Å². The lowest BCUT2D eigenvalue weighted by Gasteiger charge is -2.15. The highest BCUT2D eigenvalue weighted by molar-refractivity contribution is 6.33. The monoisotopic (exact) mass is 303 g/mol. The minimum atomic E-state index is -0.861. The summed E-state index contributed by atoms with van der Waals surface area (Å²) in [5.41, 5.74) is 1.30. The standard InChI is InChI=1S/C16H11Cl2NO/c17-11-5-6-15(18)13(7-11)16(20)14-9-19-8-10-3-1-2-4-12(10)14/h1-9,16,20H. The fourth-order valence-electron chi connectivity index (χ4n) is 2.25. The number of nitrogens with zero attached hydrogens (tertiary/aromatic N) is 1. The van der Waals surface area contributed by atoms with Crippen LogP contribution in [0.4, 0.5) is 0 Å². The lowest BCUT2D eigenvalue weighted by molar-refractivity contribution is 0.221. The van der Waals surface area contributed by atoms with E-state index in [1.54, 1.807) is 30.6 Å². The van der Waals surface area contributed by atoms with E-state index in [-0.39, 0.29) is 0 Å². The number of aliphatic hydroxyl groups is 1. The molecule has 20 heavy (non-hydrogen) atoms. The topological polar surface area (TPSA) is 33.1 Å². The van der Waals surface area contributed by atoms with Crippen molar-refractivity contribution < 1.29 is 5.11 Å². The first-order chi connectivity index (χ1) is 9.66. The van der Waals surface area contributed by atoms with Crippen LogP contribution in [0.1, 0.15) is 17.2 Å². The van der Waals surface area contributed by atoms with E-state index < -0.39 is 6.10 Å². The first-order valence-electron chi connectivity index (χ1n) is 6.12. The number of aliphatic hydroxyl groups excluding tert-OH is 1. The van der Waals surface area contributed by atoms with Gasteiger partial charge in [-0.05, 0) is 23.6 Å². The quantitative estimate of drug-likeness (QED) is 0.749. The van der Waals surface area contributed by atoms with Crippen LogP contribution in [0.3, 0.4) is 0 Å². The second kappa shape index (κ2) is 5.41. The zero-order valence-corrected chi connectivity index (χ0v) is 11.9. The molecule has 0 bridgehead atoms. The lowest BCUT2D eigenvalue weighted by Crippen LogP contribution is -2.02. The Balaban J connectivity index is 2.17. The number of rotatable bonds is 2. The molecule has 100 valence electrons. The Kier molecular flexibility index (Phi) is 3.62. The third-order valence-electron chi connectivity index (χ3n) is 3.25. The van der Waals surface area contributed by atoms with E-state index in [9.17, 15) is 5.11 Å². The van der Waals surface area contributed by atoms with Gasteiger partial charge in [-0.2, -0.15) is 0 Å². The van der Waals surface area contributed by atoms with Gasteiger partial charge in [0.2, 0.25) is 0 Å². The van der Waals surface area contributed by atoms with E-state index in [2.05, 4.69) is 4.98 Å². The average Bonchev–Trinajstić information content (AvgIpc) is 2.48. The van der Waals surface area contributed by atoms with Crippen molar-refractivity contribution in [1.82, 2.24) is 4.98 Å². The van der Waals surface area contributed by atoms with Gasteiger partial charge in [-0.15, -0.1) is 0 Å². The van der Waals surface area contributed by atoms with Crippen LogP contribution in [0.25, 0.3) is 10.8 Å². The van der Waals surface area contributed by atoms with Crippen LogP contribution < -0.4 is 0 Å². The molecule has 1 unspecified atom stereocenters. The van der Waals surface area contributed by atoms with Crippen molar-refractivity contribution in [3.05, 3.63) is 76.0 Å². The first kappa shape index (κ1) is 13.4. The Morgan fingerprint density at radius 1 is 0.950 bits per heavy atom. The molecule has 2 aromatic carbocycles. The van der Waals surface area contributed by atoms with Gasteiger partial charge in [0.25, 0.3) is 0 Å². The van der Waals surface area contributed by atoms with Crippen LogP contribution in [0.15, 0.2) is 54.9 Å². The molecular formula is C16H11Cl2NO. The smallest absolute Gasteiger partial charge is 0.108 e. The third-order valence-corrected chi connectivity index (χ3v) is 3.83. The predicted molar refractivity (Wildman–Crippen MR) is 82.3 cm³/mol. The van der Waals surface area contributed by atoms with Crippen molar-refractivity contribution in [3.8, 4) is 0 Å². The number of hydrogen-bond acceptors (Lipinski definition) is 2. The zero-order chi connectivity index (χ0) is 14.1. The molecule has 0 aliphatic rings. The summed E-state index contributed by atoms with van der Waals surface area (Å²) in [6, 6.07) is 12.8. The highest BCUT2D eigenvalue weighted by Gasteiger charge is 2.17. The van der Waals surface area contributed by atoms with Crippen LogP contribution in [0, 0.1) is 0 Å². The highest BCUT2D eigenvalue weighted by Crippen LogP contribution is 2.33. The SMILES string of the molecule is OC(c1cc(Cl)ccc1Cl)c1cncc2ccccc12. The molecule has 0 fully saturated rings. The summed E-state index contributed by atoms with van der Waals surface area (Å²) in [6.45, 7) is 0. The number of halogens is 2.